The highest BCUT2D eigenvalue weighted by atomic mass is 16.2. The van der Waals surface area contributed by atoms with Gasteiger partial charge in [0.05, 0.1) is 0 Å². The van der Waals surface area contributed by atoms with Gasteiger partial charge < -0.3 is 10.6 Å². The minimum atomic E-state index is 0.315. The van der Waals surface area contributed by atoms with Gasteiger partial charge in [-0.05, 0) is 25.8 Å². The second-order valence-corrected chi connectivity index (χ2v) is 3.33. The van der Waals surface area contributed by atoms with Crippen LogP contribution in [0.3, 0.4) is 0 Å². The van der Waals surface area contributed by atoms with E-state index >= 15 is 0 Å². The van der Waals surface area contributed by atoms with Crippen molar-refractivity contribution < 1.29 is 4.79 Å². The molecule has 1 rings (SSSR count). The highest BCUT2D eigenvalue weighted by Crippen LogP contribution is 2.17. The monoisotopic (exact) mass is 170 g/mol. The molecule has 0 bridgehead atoms. The molecule has 0 aliphatic carbocycles. The first-order valence-electron chi connectivity index (χ1n) is 4.79. The number of rotatable bonds is 4. The summed E-state index contributed by atoms with van der Waals surface area (Å²) in [5.74, 6) is 0.315. The van der Waals surface area contributed by atoms with Gasteiger partial charge in [0.25, 0.3) is 0 Å². The lowest BCUT2D eigenvalue weighted by Gasteiger charge is -2.26. The average Bonchev–Trinajstić information content (AvgIpc) is 2.47. The van der Waals surface area contributed by atoms with Crippen LogP contribution in [0, 0.1) is 0 Å². The fraction of sp³-hybridized carbons (Fsp3) is 0.889. The van der Waals surface area contributed by atoms with Crippen molar-refractivity contribution in [1.82, 2.24) is 4.90 Å². The summed E-state index contributed by atoms with van der Waals surface area (Å²) in [6.45, 7) is 3.74. The van der Waals surface area contributed by atoms with E-state index in [1.54, 1.807) is 0 Å². The van der Waals surface area contributed by atoms with Crippen LogP contribution in [-0.4, -0.2) is 29.9 Å². The molecule has 12 heavy (non-hydrogen) atoms. The van der Waals surface area contributed by atoms with Gasteiger partial charge in [0, 0.05) is 19.0 Å². The van der Waals surface area contributed by atoms with Crippen LogP contribution in [0.25, 0.3) is 0 Å². The van der Waals surface area contributed by atoms with E-state index < -0.39 is 0 Å². The molecule has 2 N–H and O–H groups in total. The van der Waals surface area contributed by atoms with Crippen LogP contribution in [0.5, 0.6) is 0 Å². The third-order valence-electron chi connectivity index (χ3n) is 2.52. The summed E-state index contributed by atoms with van der Waals surface area (Å²) >= 11 is 0. The summed E-state index contributed by atoms with van der Waals surface area (Å²) < 4.78 is 0. The molecule has 1 fully saturated rings. The maximum atomic E-state index is 11.3. The molecule has 3 heteroatoms. The van der Waals surface area contributed by atoms with Crippen molar-refractivity contribution >= 4 is 5.91 Å². The molecule has 1 aliphatic heterocycles. The Labute approximate surface area is 73.9 Å². The number of likely N-dealkylation sites (tertiary alicyclic amines) is 1. The second-order valence-electron chi connectivity index (χ2n) is 3.33. The highest BCUT2D eigenvalue weighted by Gasteiger charge is 2.25. The number of amides is 1. The van der Waals surface area contributed by atoms with Crippen LogP contribution in [0.2, 0.25) is 0 Å². The Hall–Kier alpha value is -0.570. The molecule has 0 spiro atoms. The van der Waals surface area contributed by atoms with E-state index in [9.17, 15) is 4.79 Å². The number of nitrogens with two attached hydrogens (primary N) is 1. The molecule has 1 amide bonds. The fourth-order valence-electron chi connectivity index (χ4n) is 1.83. The van der Waals surface area contributed by atoms with Gasteiger partial charge in [-0.2, -0.15) is 0 Å². The van der Waals surface area contributed by atoms with Crippen molar-refractivity contribution in [3.05, 3.63) is 0 Å². The van der Waals surface area contributed by atoms with Crippen molar-refractivity contribution in [2.24, 2.45) is 5.73 Å². The van der Waals surface area contributed by atoms with Crippen molar-refractivity contribution in [3.63, 3.8) is 0 Å². The Kier molecular flexibility index (Phi) is 3.53. The number of hydrogen-bond acceptors (Lipinski definition) is 2. The SMILES string of the molecule is CC[C@H](CCN)N1CCCC1=O. The number of nitrogens with zero attached hydrogens (tertiary/aromatic N) is 1. The van der Waals surface area contributed by atoms with E-state index in [1.807, 2.05) is 4.90 Å². The van der Waals surface area contributed by atoms with Gasteiger partial charge in [-0.15, -0.1) is 0 Å². The molecular formula is C9H18N2O. The van der Waals surface area contributed by atoms with Gasteiger partial charge in [-0.3, -0.25) is 4.79 Å². The molecule has 1 saturated heterocycles. The third-order valence-corrected chi connectivity index (χ3v) is 2.52. The number of hydrogen-bond donors (Lipinski definition) is 1. The van der Waals surface area contributed by atoms with Gasteiger partial charge in [0.15, 0.2) is 0 Å². The molecule has 1 heterocycles. The molecule has 0 aromatic heterocycles. The van der Waals surface area contributed by atoms with Gasteiger partial charge in [0.2, 0.25) is 5.91 Å². The van der Waals surface area contributed by atoms with Gasteiger partial charge in [0.1, 0.15) is 0 Å². The highest BCUT2D eigenvalue weighted by molar-refractivity contribution is 5.78. The van der Waals surface area contributed by atoms with Gasteiger partial charge in [-0.1, -0.05) is 6.92 Å². The first kappa shape index (κ1) is 9.52. The molecule has 1 atom stereocenters. The van der Waals surface area contributed by atoms with E-state index in [-0.39, 0.29) is 0 Å². The zero-order chi connectivity index (χ0) is 8.97. The first-order valence-corrected chi connectivity index (χ1v) is 4.79. The van der Waals surface area contributed by atoms with Crippen molar-refractivity contribution in [2.45, 2.75) is 38.6 Å². The summed E-state index contributed by atoms with van der Waals surface area (Å²) in [5, 5.41) is 0. The van der Waals surface area contributed by atoms with Crippen molar-refractivity contribution in [1.29, 1.82) is 0 Å². The standard InChI is InChI=1S/C9H18N2O/c1-2-8(5-6-10)11-7-3-4-9(11)12/h8H,2-7,10H2,1H3/t8-/m1/s1. The molecule has 0 aromatic rings. The van der Waals surface area contributed by atoms with Crippen LogP contribution in [-0.2, 0) is 4.79 Å². The Morgan fingerprint density at radius 2 is 2.42 bits per heavy atom. The lowest BCUT2D eigenvalue weighted by molar-refractivity contribution is -0.129. The lowest BCUT2D eigenvalue weighted by atomic mass is 10.1. The summed E-state index contributed by atoms with van der Waals surface area (Å²) in [6, 6.07) is 0.394. The Bertz CT molecular complexity index is 159. The molecule has 1 aliphatic rings. The molecular weight excluding hydrogens is 152 g/mol. The smallest absolute Gasteiger partial charge is 0.222 e. The third kappa shape index (κ3) is 1.97. The first-order chi connectivity index (χ1) is 5.79. The molecule has 0 radical (unpaired) electrons. The summed E-state index contributed by atoms with van der Waals surface area (Å²) in [6.07, 6.45) is 3.74. The second kappa shape index (κ2) is 4.45. The zero-order valence-electron chi connectivity index (χ0n) is 7.75. The normalized spacial score (nSPS) is 20.2. The Balaban J connectivity index is 2.46. The topological polar surface area (TPSA) is 46.3 Å². The van der Waals surface area contributed by atoms with E-state index in [2.05, 4.69) is 6.92 Å². The van der Waals surface area contributed by atoms with Crippen LogP contribution in [0.15, 0.2) is 0 Å². The minimum Gasteiger partial charge on any atom is -0.340 e. The quantitative estimate of drug-likeness (QED) is 0.676. The predicted octanol–water partition coefficient (Wildman–Crippen LogP) is 0.736. The van der Waals surface area contributed by atoms with E-state index in [1.165, 1.54) is 0 Å². The van der Waals surface area contributed by atoms with E-state index in [0.29, 0.717) is 18.5 Å². The lowest BCUT2D eigenvalue weighted by Crippen LogP contribution is -2.37. The van der Waals surface area contributed by atoms with Crippen LogP contribution in [0.4, 0.5) is 0 Å². The average molecular weight is 170 g/mol. The van der Waals surface area contributed by atoms with Gasteiger partial charge in [-0.25, -0.2) is 0 Å². The maximum absolute atomic E-state index is 11.3. The summed E-state index contributed by atoms with van der Waals surface area (Å²) in [5.41, 5.74) is 5.48. The molecule has 70 valence electrons. The van der Waals surface area contributed by atoms with Crippen LogP contribution in [0.1, 0.15) is 32.6 Å². The minimum absolute atomic E-state index is 0.315. The van der Waals surface area contributed by atoms with Crippen LogP contribution >= 0.6 is 0 Å². The molecule has 0 unspecified atom stereocenters. The maximum Gasteiger partial charge on any atom is 0.222 e. The van der Waals surface area contributed by atoms with E-state index in [0.717, 1.165) is 32.2 Å². The number of carbonyl (C=O) groups is 1. The summed E-state index contributed by atoms with van der Waals surface area (Å²) in [7, 11) is 0. The zero-order valence-corrected chi connectivity index (χ0v) is 7.75. The van der Waals surface area contributed by atoms with E-state index in [4.69, 9.17) is 5.73 Å². The number of carbonyl (C=O) groups excluding carboxylic acids is 1. The molecule has 0 saturated carbocycles. The fourth-order valence-corrected chi connectivity index (χ4v) is 1.83. The van der Waals surface area contributed by atoms with Crippen molar-refractivity contribution in [3.8, 4) is 0 Å². The van der Waals surface area contributed by atoms with Crippen molar-refractivity contribution in [2.75, 3.05) is 13.1 Å². The summed E-state index contributed by atoms with van der Waals surface area (Å²) in [4.78, 5) is 13.3. The Morgan fingerprint density at radius 3 is 2.83 bits per heavy atom. The predicted molar refractivity (Wildman–Crippen MR) is 48.7 cm³/mol. The molecule has 3 nitrogen and oxygen atoms in total. The van der Waals surface area contributed by atoms with Gasteiger partial charge >= 0.3 is 0 Å². The Morgan fingerprint density at radius 1 is 1.67 bits per heavy atom. The largest absolute Gasteiger partial charge is 0.340 e. The molecule has 0 aromatic carbocycles. The van der Waals surface area contributed by atoms with Crippen LogP contribution < -0.4 is 5.73 Å².